The summed E-state index contributed by atoms with van der Waals surface area (Å²) in [6, 6.07) is 2.40. The third-order valence-corrected chi connectivity index (χ3v) is 3.65. The molecule has 1 fully saturated rings. The van der Waals surface area contributed by atoms with Crippen LogP contribution in [0.25, 0.3) is 0 Å². The third kappa shape index (κ3) is 3.01. The van der Waals surface area contributed by atoms with Gasteiger partial charge in [0.1, 0.15) is 0 Å². The summed E-state index contributed by atoms with van der Waals surface area (Å²) >= 11 is 1.73. The van der Waals surface area contributed by atoms with Crippen molar-refractivity contribution >= 4 is 11.3 Å². The van der Waals surface area contributed by atoms with E-state index in [-0.39, 0.29) is 12.1 Å². The fraction of sp³-hybridized carbons (Fsp3) is 0.636. The maximum Gasteiger partial charge on any atom is 0.0744 e. The zero-order valence-corrected chi connectivity index (χ0v) is 9.63. The van der Waals surface area contributed by atoms with Crippen molar-refractivity contribution in [3.63, 3.8) is 0 Å². The first-order valence-corrected chi connectivity index (χ1v) is 6.43. The highest BCUT2D eigenvalue weighted by Gasteiger charge is 2.23. The molecule has 2 heterocycles. The number of hydrogen-bond donors (Lipinski definition) is 2. The minimum atomic E-state index is 0.250. The SMILES string of the molecule is NNC(Cc1ccsc1)C1CCCCO1. The van der Waals surface area contributed by atoms with E-state index in [9.17, 15) is 0 Å². The van der Waals surface area contributed by atoms with Gasteiger partial charge in [0.05, 0.1) is 12.1 Å². The lowest BCUT2D eigenvalue weighted by Crippen LogP contribution is -2.47. The Balaban J connectivity index is 1.91. The van der Waals surface area contributed by atoms with E-state index in [2.05, 4.69) is 22.3 Å². The van der Waals surface area contributed by atoms with Crippen molar-refractivity contribution in [3.05, 3.63) is 22.4 Å². The smallest absolute Gasteiger partial charge is 0.0744 e. The van der Waals surface area contributed by atoms with Crippen molar-refractivity contribution in [2.24, 2.45) is 5.84 Å². The molecule has 1 aromatic heterocycles. The predicted octanol–water partition coefficient (Wildman–Crippen LogP) is 1.69. The van der Waals surface area contributed by atoms with Crippen LogP contribution in [0.4, 0.5) is 0 Å². The predicted molar refractivity (Wildman–Crippen MR) is 62.7 cm³/mol. The van der Waals surface area contributed by atoms with Gasteiger partial charge in [-0.15, -0.1) is 0 Å². The monoisotopic (exact) mass is 226 g/mol. The van der Waals surface area contributed by atoms with Gasteiger partial charge >= 0.3 is 0 Å². The molecule has 1 aliphatic rings. The molecular formula is C11H18N2OS. The zero-order chi connectivity index (χ0) is 10.5. The molecule has 0 amide bonds. The average Bonchev–Trinajstić information content (AvgIpc) is 2.80. The van der Waals surface area contributed by atoms with E-state index in [0.717, 1.165) is 19.4 Å². The molecule has 0 radical (unpaired) electrons. The van der Waals surface area contributed by atoms with Crippen molar-refractivity contribution < 1.29 is 4.74 Å². The fourth-order valence-corrected chi connectivity index (χ4v) is 2.72. The third-order valence-electron chi connectivity index (χ3n) is 2.91. The number of thiophene rings is 1. The second kappa shape index (κ2) is 5.61. The van der Waals surface area contributed by atoms with E-state index in [0.29, 0.717) is 0 Å². The van der Waals surface area contributed by atoms with Crippen molar-refractivity contribution in [2.45, 2.75) is 37.8 Å². The molecule has 0 spiro atoms. The molecular weight excluding hydrogens is 208 g/mol. The van der Waals surface area contributed by atoms with Gasteiger partial charge < -0.3 is 4.74 Å². The first-order valence-electron chi connectivity index (χ1n) is 5.49. The molecule has 2 atom stereocenters. The Kier molecular flexibility index (Phi) is 4.14. The second-order valence-corrected chi connectivity index (χ2v) is 4.79. The van der Waals surface area contributed by atoms with Crippen LogP contribution in [0.1, 0.15) is 24.8 Å². The molecule has 4 heteroatoms. The van der Waals surface area contributed by atoms with E-state index in [1.807, 2.05) is 0 Å². The Bertz CT molecular complexity index is 270. The van der Waals surface area contributed by atoms with E-state index in [4.69, 9.17) is 10.6 Å². The highest BCUT2D eigenvalue weighted by molar-refractivity contribution is 7.07. The van der Waals surface area contributed by atoms with Crippen LogP contribution in [-0.4, -0.2) is 18.8 Å². The lowest BCUT2D eigenvalue weighted by molar-refractivity contribution is -0.00742. The summed E-state index contributed by atoms with van der Waals surface area (Å²) in [4.78, 5) is 0. The topological polar surface area (TPSA) is 47.3 Å². The molecule has 1 saturated heterocycles. The Morgan fingerprint density at radius 2 is 2.53 bits per heavy atom. The van der Waals surface area contributed by atoms with Gasteiger partial charge in [-0.1, -0.05) is 0 Å². The maximum atomic E-state index is 5.74. The maximum absolute atomic E-state index is 5.74. The summed E-state index contributed by atoms with van der Waals surface area (Å²) in [6.07, 6.45) is 4.81. The van der Waals surface area contributed by atoms with Crippen LogP contribution in [0.5, 0.6) is 0 Å². The number of nitrogens with one attached hydrogen (secondary N) is 1. The largest absolute Gasteiger partial charge is 0.377 e. The molecule has 2 unspecified atom stereocenters. The van der Waals surface area contributed by atoms with Crippen LogP contribution in [0.2, 0.25) is 0 Å². The normalized spacial score (nSPS) is 23.9. The number of nitrogens with two attached hydrogens (primary N) is 1. The molecule has 2 rings (SSSR count). The summed E-state index contributed by atoms with van der Waals surface area (Å²) in [5.74, 6) is 5.59. The van der Waals surface area contributed by atoms with Gasteiger partial charge in [-0.3, -0.25) is 11.3 Å². The highest BCUT2D eigenvalue weighted by Crippen LogP contribution is 2.19. The second-order valence-electron chi connectivity index (χ2n) is 4.01. The summed E-state index contributed by atoms with van der Waals surface area (Å²) in [5.41, 5.74) is 4.23. The van der Waals surface area contributed by atoms with E-state index >= 15 is 0 Å². The Hall–Kier alpha value is -0.420. The van der Waals surface area contributed by atoms with E-state index < -0.39 is 0 Å². The van der Waals surface area contributed by atoms with Crippen LogP contribution < -0.4 is 11.3 Å². The number of rotatable bonds is 4. The summed E-state index contributed by atoms with van der Waals surface area (Å²) in [6.45, 7) is 0.881. The van der Waals surface area contributed by atoms with Gasteiger partial charge in [0.25, 0.3) is 0 Å². The lowest BCUT2D eigenvalue weighted by Gasteiger charge is -2.29. The summed E-state index contributed by atoms with van der Waals surface area (Å²) < 4.78 is 5.74. The van der Waals surface area contributed by atoms with Gasteiger partial charge in [-0.05, 0) is 48.1 Å². The molecule has 3 nitrogen and oxygen atoms in total. The minimum Gasteiger partial charge on any atom is -0.377 e. The van der Waals surface area contributed by atoms with Crippen LogP contribution in [0.3, 0.4) is 0 Å². The number of ether oxygens (including phenoxy) is 1. The molecule has 84 valence electrons. The Labute approximate surface area is 94.6 Å². The highest BCUT2D eigenvalue weighted by atomic mass is 32.1. The summed E-state index contributed by atoms with van der Waals surface area (Å²) in [5, 5.41) is 4.28. The Morgan fingerprint density at radius 1 is 1.60 bits per heavy atom. The van der Waals surface area contributed by atoms with Crippen LogP contribution >= 0.6 is 11.3 Å². The van der Waals surface area contributed by atoms with E-state index in [1.165, 1.54) is 18.4 Å². The standard InChI is InChI=1S/C11H18N2OS/c12-13-10(7-9-4-6-15-8-9)11-3-1-2-5-14-11/h4,6,8,10-11,13H,1-3,5,7,12H2. The molecule has 0 saturated carbocycles. The average molecular weight is 226 g/mol. The van der Waals surface area contributed by atoms with Crippen molar-refractivity contribution in [1.82, 2.24) is 5.43 Å². The molecule has 0 bridgehead atoms. The molecule has 0 aromatic carbocycles. The van der Waals surface area contributed by atoms with Gasteiger partial charge in [0, 0.05) is 6.61 Å². The van der Waals surface area contributed by atoms with Crippen LogP contribution in [0, 0.1) is 0 Å². The molecule has 1 aliphatic heterocycles. The van der Waals surface area contributed by atoms with Crippen molar-refractivity contribution in [2.75, 3.05) is 6.61 Å². The van der Waals surface area contributed by atoms with Crippen LogP contribution in [0.15, 0.2) is 16.8 Å². The molecule has 3 N–H and O–H groups in total. The van der Waals surface area contributed by atoms with Crippen LogP contribution in [-0.2, 0) is 11.2 Å². The lowest BCUT2D eigenvalue weighted by atomic mass is 9.98. The molecule has 0 aliphatic carbocycles. The molecule has 1 aromatic rings. The van der Waals surface area contributed by atoms with Crippen molar-refractivity contribution in [3.8, 4) is 0 Å². The summed E-state index contributed by atoms with van der Waals surface area (Å²) in [7, 11) is 0. The van der Waals surface area contributed by atoms with E-state index in [1.54, 1.807) is 11.3 Å². The van der Waals surface area contributed by atoms with Gasteiger partial charge in [-0.25, -0.2) is 0 Å². The number of hydrazine groups is 1. The van der Waals surface area contributed by atoms with Gasteiger partial charge in [0.15, 0.2) is 0 Å². The van der Waals surface area contributed by atoms with Gasteiger partial charge in [-0.2, -0.15) is 11.3 Å². The number of hydrogen-bond acceptors (Lipinski definition) is 4. The van der Waals surface area contributed by atoms with Gasteiger partial charge in [0.2, 0.25) is 0 Å². The first kappa shape index (κ1) is 11.1. The first-order chi connectivity index (χ1) is 7.40. The quantitative estimate of drug-likeness (QED) is 0.607. The van der Waals surface area contributed by atoms with Crippen molar-refractivity contribution in [1.29, 1.82) is 0 Å². The molecule has 15 heavy (non-hydrogen) atoms. The zero-order valence-electron chi connectivity index (χ0n) is 8.82. The Morgan fingerprint density at radius 3 is 3.13 bits per heavy atom. The fourth-order valence-electron chi connectivity index (χ4n) is 2.04. The minimum absolute atomic E-state index is 0.250.